The van der Waals surface area contributed by atoms with Crippen LogP contribution in [0.3, 0.4) is 0 Å². The Balaban J connectivity index is 2.49. The fourth-order valence-electron chi connectivity index (χ4n) is 3.09. The van der Waals surface area contributed by atoms with Gasteiger partial charge in [-0.25, -0.2) is 4.79 Å². The lowest BCUT2D eigenvalue weighted by Gasteiger charge is -2.43. The number of methoxy groups -OCH3 is 1. The molecule has 1 aromatic carbocycles. The number of unbranched alkanes of at least 4 members (excludes halogenated alkanes) is 2. The highest BCUT2D eigenvalue weighted by atomic mass is 127. The summed E-state index contributed by atoms with van der Waals surface area (Å²) in [7, 11) is 1.56. The van der Waals surface area contributed by atoms with Crippen LogP contribution in [-0.2, 0) is 15.2 Å². The zero-order chi connectivity index (χ0) is 17.6. The quantitative estimate of drug-likeness (QED) is 0.319. The smallest absolute Gasteiger partial charge is 0.410 e. The molecule has 5 nitrogen and oxygen atoms in total. The first-order chi connectivity index (χ1) is 11.6. The van der Waals surface area contributed by atoms with E-state index in [4.69, 9.17) is 9.47 Å². The summed E-state index contributed by atoms with van der Waals surface area (Å²) >= 11 is 2.26. The van der Waals surface area contributed by atoms with E-state index in [-0.39, 0.29) is 12.8 Å². The van der Waals surface area contributed by atoms with E-state index in [2.05, 4.69) is 29.5 Å². The predicted octanol–water partition coefficient (Wildman–Crippen LogP) is 4.79. The molecule has 2 rings (SSSR count). The highest BCUT2D eigenvalue weighted by Gasteiger charge is 2.50. The molecule has 0 spiro atoms. The van der Waals surface area contributed by atoms with Gasteiger partial charge in [-0.3, -0.25) is 4.90 Å². The normalized spacial score (nSPS) is 16.6. The van der Waals surface area contributed by atoms with Crippen molar-refractivity contribution in [1.29, 1.82) is 0 Å². The Morgan fingerprint density at radius 2 is 2.08 bits per heavy atom. The second-order valence-electron chi connectivity index (χ2n) is 6.16. The number of halogens is 1. The summed E-state index contributed by atoms with van der Waals surface area (Å²) in [6.45, 7) is 2.20. The molecule has 1 aromatic rings. The van der Waals surface area contributed by atoms with Crippen LogP contribution >= 0.6 is 22.6 Å². The summed E-state index contributed by atoms with van der Waals surface area (Å²) < 4.78 is 12.3. The number of hydrogen-bond acceptors (Lipinski definition) is 3. The van der Waals surface area contributed by atoms with Gasteiger partial charge < -0.3 is 14.6 Å². The SMILES string of the molecule is CCCCCC(OCOC)(c1ccccc1I)N(C(=O)O)C1CC1. The van der Waals surface area contributed by atoms with Crippen molar-refractivity contribution in [2.45, 2.75) is 57.2 Å². The minimum absolute atomic E-state index is 0.0250. The van der Waals surface area contributed by atoms with Crippen LogP contribution < -0.4 is 0 Å². The van der Waals surface area contributed by atoms with E-state index in [1.165, 1.54) is 4.90 Å². The second kappa shape index (κ2) is 9.01. The van der Waals surface area contributed by atoms with E-state index in [0.717, 1.165) is 41.2 Å². The molecule has 1 amide bonds. The third-order valence-corrected chi connectivity index (χ3v) is 5.28. The van der Waals surface area contributed by atoms with Crippen molar-refractivity contribution in [2.24, 2.45) is 0 Å². The van der Waals surface area contributed by atoms with Crippen LogP contribution in [0.2, 0.25) is 0 Å². The van der Waals surface area contributed by atoms with Crippen molar-refractivity contribution in [1.82, 2.24) is 4.90 Å². The molecule has 1 atom stereocenters. The van der Waals surface area contributed by atoms with Crippen molar-refractivity contribution < 1.29 is 19.4 Å². The minimum atomic E-state index is -0.990. The molecule has 134 valence electrons. The lowest BCUT2D eigenvalue weighted by atomic mass is 9.94. The van der Waals surface area contributed by atoms with Crippen molar-refractivity contribution in [3.63, 3.8) is 0 Å². The Bertz CT molecular complexity index is 550. The largest absolute Gasteiger partial charge is 0.465 e. The fraction of sp³-hybridized carbons (Fsp3) is 0.611. The summed E-state index contributed by atoms with van der Waals surface area (Å²) in [4.78, 5) is 13.6. The number of carboxylic acid groups (broad SMARTS) is 1. The molecule has 1 unspecified atom stereocenters. The first-order valence-corrected chi connectivity index (χ1v) is 9.55. The molecule has 1 fully saturated rings. The molecule has 24 heavy (non-hydrogen) atoms. The van der Waals surface area contributed by atoms with Gasteiger partial charge in [0, 0.05) is 28.7 Å². The molecule has 1 aliphatic carbocycles. The van der Waals surface area contributed by atoms with Gasteiger partial charge in [-0.15, -0.1) is 0 Å². The number of nitrogens with zero attached hydrogens (tertiary/aromatic N) is 1. The standard InChI is InChI=1S/C18H26INO4/c1-3-4-7-12-18(24-13-23-2,15-8-5-6-9-16(15)19)20(17(21)22)14-10-11-14/h5-6,8-9,14H,3-4,7,10-13H2,1-2H3,(H,21,22). The fourth-order valence-corrected chi connectivity index (χ4v) is 3.90. The number of rotatable bonds is 10. The van der Waals surface area contributed by atoms with Crippen LogP contribution in [0.25, 0.3) is 0 Å². The summed E-state index contributed by atoms with van der Waals surface area (Å²) in [5.74, 6) is 0. The lowest BCUT2D eigenvalue weighted by Crippen LogP contribution is -2.53. The van der Waals surface area contributed by atoms with Gasteiger partial charge in [-0.05, 0) is 47.9 Å². The van der Waals surface area contributed by atoms with Crippen LogP contribution in [0.5, 0.6) is 0 Å². The number of carbonyl (C=O) groups is 1. The maximum atomic E-state index is 12.1. The molecule has 1 aliphatic rings. The molecule has 6 heteroatoms. The Morgan fingerprint density at radius 3 is 2.62 bits per heavy atom. The van der Waals surface area contributed by atoms with Crippen LogP contribution in [0.15, 0.2) is 24.3 Å². The van der Waals surface area contributed by atoms with Gasteiger partial charge in [-0.1, -0.05) is 38.0 Å². The van der Waals surface area contributed by atoms with Gasteiger partial charge in [0.2, 0.25) is 0 Å². The van der Waals surface area contributed by atoms with Crippen LogP contribution in [0.1, 0.15) is 51.0 Å². The number of amides is 1. The molecule has 0 saturated heterocycles. The van der Waals surface area contributed by atoms with E-state index >= 15 is 0 Å². The zero-order valence-electron chi connectivity index (χ0n) is 14.3. The average Bonchev–Trinajstić information content (AvgIpc) is 3.37. The van der Waals surface area contributed by atoms with E-state index in [1.807, 2.05) is 24.3 Å². The molecule has 0 radical (unpaired) electrons. The predicted molar refractivity (Wildman–Crippen MR) is 101 cm³/mol. The zero-order valence-corrected chi connectivity index (χ0v) is 16.5. The van der Waals surface area contributed by atoms with Crippen molar-refractivity contribution in [2.75, 3.05) is 13.9 Å². The summed E-state index contributed by atoms with van der Waals surface area (Å²) in [6, 6.07) is 7.89. The van der Waals surface area contributed by atoms with Crippen molar-refractivity contribution >= 4 is 28.7 Å². The molecule has 1 saturated carbocycles. The van der Waals surface area contributed by atoms with Gasteiger partial charge in [0.15, 0.2) is 5.72 Å². The van der Waals surface area contributed by atoms with Crippen molar-refractivity contribution in [3.8, 4) is 0 Å². The van der Waals surface area contributed by atoms with Crippen LogP contribution in [-0.4, -0.2) is 36.0 Å². The van der Waals surface area contributed by atoms with Gasteiger partial charge >= 0.3 is 6.09 Å². The average molecular weight is 447 g/mol. The second-order valence-corrected chi connectivity index (χ2v) is 7.32. The van der Waals surface area contributed by atoms with Crippen LogP contribution in [0.4, 0.5) is 4.79 Å². The maximum Gasteiger partial charge on any atom is 0.410 e. The monoisotopic (exact) mass is 447 g/mol. The van der Waals surface area contributed by atoms with Crippen LogP contribution in [0, 0.1) is 3.57 Å². The van der Waals surface area contributed by atoms with E-state index in [1.54, 1.807) is 7.11 Å². The van der Waals surface area contributed by atoms with E-state index in [0.29, 0.717) is 6.42 Å². The highest BCUT2D eigenvalue weighted by molar-refractivity contribution is 14.1. The number of benzene rings is 1. The Labute approximate surface area is 157 Å². The van der Waals surface area contributed by atoms with Gasteiger partial charge in [0.05, 0.1) is 0 Å². The summed E-state index contributed by atoms with van der Waals surface area (Å²) in [6.07, 6.45) is 4.50. The molecule has 0 aromatic heterocycles. The number of ether oxygens (including phenoxy) is 2. The molecule has 1 N–H and O–H groups in total. The first kappa shape index (κ1) is 19.5. The third-order valence-electron chi connectivity index (χ3n) is 4.34. The molecule has 0 aliphatic heterocycles. The molecular weight excluding hydrogens is 421 g/mol. The van der Waals surface area contributed by atoms with Crippen molar-refractivity contribution in [3.05, 3.63) is 33.4 Å². The lowest BCUT2D eigenvalue weighted by molar-refractivity contribution is -0.208. The summed E-state index contributed by atoms with van der Waals surface area (Å²) in [5.41, 5.74) is -0.0799. The Morgan fingerprint density at radius 1 is 1.38 bits per heavy atom. The summed E-state index contributed by atoms with van der Waals surface area (Å²) in [5, 5.41) is 9.93. The first-order valence-electron chi connectivity index (χ1n) is 8.47. The molecule has 0 heterocycles. The highest BCUT2D eigenvalue weighted by Crippen LogP contribution is 2.44. The Hall–Kier alpha value is -0.860. The Kier molecular flexibility index (Phi) is 7.31. The topological polar surface area (TPSA) is 59.0 Å². The third kappa shape index (κ3) is 4.40. The minimum Gasteiger partial charge on any atom is -0.465 e. The van der Waals surface area contributed by atoms with Gasteiger partial charge in [0.25, 0.3) is 0 Å². The molecular formula is C18H26INO4. The van der Waals surface area contributed by atoms with Gasteiger partial charge in [-0.2, -0.15) is 0 Å². The molecule has 0 bridgehead atoms. The van der Waals surface area contributed by atoms with E-state index < -0.39 is 11.8 Å². The maximum absolute atomic E-state index is 12.1. The van der Waals surface area contributed by atoms with Gasteiger partial charge in [0.1, 0.15) is 6.79 Å². The number of hydrogen-bond donors (Lipinski definition) is 1. The van der Waals surface area contributed by atoms with E-state index in [9.17, 15) is 9.90 Å².